The Labute approximate surface area is 197 Å². The average Bonchev–Trinajstić information content (AvgIpc) is 2.78. The van der Waals surface area contributed by atoms with Gasteiger partial charge in [0.25, 0.3) is 10.0 Å². The molecule has 0 aliphatic carbocycles. The van der Waals surface area contributed by atoms with Crippen LogP contribution < -0.4 is 14.4 Å². The molecule has 32 heavy (non-hydrogen) atoms. The lowest BCUT2D eigenvalue weighted by atomic mass is 10.2. The third kappa shape index (κ3) is 5.51. The maximum absolute atomic E-state index is 13.7. The molecule has 10 heteroatoms. The normalized spacial score (nSPS) is 11.1. The summed E-state index contributed by atoms with van der Waals surface area (Å²) in [6.45, 7) is 1.50. The summed E-state index contributed by atoms with van der Waals surface area (Å²) in [5.74, 6) is -0.341. The van der Waals surface area contributed by atoms with Gasteiger partial charge in [-0.3, -0.25) is 14.1 Å². The van der Waals surface area contributed by atoms with Crippen LogP contribution in [0.1, 0.15) is 11.1 Å². The number of hydrogen-bond acceptors (Lipinski definition) is 5. The standard InChI is InChI=1S/C22H21Cl2N3O4S/c1-15-5-8-20(31-2)21(10-15)32(29,30)27(17-6-7-18(23)19(24)11-17)14-22(28)26-13-16-4-3-9-25-12-16/h3-12H,13-14H2,1-2H3,(H,26,28). The first-order valence-corrected chi connectivity index (χ1v) is 11.7. The number of amides is 1. The fourth-order valence-electron chi connectivity index (χ4n) is 2.95. The van der Waals surface area contributed by atoms with Crippen LogP contribution in [-0.4, -0.2) is 33.0 Å². The van der Waals surface area contributed by atoms with Crippen LogP contribution in [-0.2, 0) is 21.4 Å². The number of nitrogens with zero attached hydrogens (tertiary/aromatic N) is 2. The Morgan fingerprint density at radius 1 is 1.12 bits per heavy atom. The molecule has 7 nitrogen and oxygen atoms in total. The lowest BCUT2D eigenvalue weighted by Crippen LogP contribution is -2.40. The van der Waals surface area contributed by atoms with Crippen LogP contribution in [0, 0.1) is 6.92 Å². The zero-order valence-corrected chi connectivity index (χ0v) is 19.7. The molecular weight excluding hydrogens is 473 g/mol. The van der Waals surface area contributed by atoms with Crippen LogP contribution >= 0.6 is 23.2 Å². The van der Waals surface area contributed by atoms with Crippen molar-refractivity contribution < 1.29 is 17.9 Å². The van der Waals surface area contributed by atoms with E-state index in [2.05, 4.69) is 10.3 Å². The van der Waals surface area contributed by atoms with Gasteiger partial charge in [0.1, 0.15) is 17.2 Å². The van der Waals surface area contributed by atoms with Crippen LogP contribution in [0.15, 0.2) is 65.8 Å². The number of anilines is 1. The zero-order valence-electron chi connectivity index (χ0n) is 17.4. The molecule has 0 spiro atoms. The minimum Gasteiger partial charge on any atom is -0.495 e. The second-order valence-electron chi connectivity index (χ2n) is 6.90. The van der Waals surface area contributed by atoms with Gasteiger partial charge >= 0.3 is 0 Å². The van der Waals surface area contributed by atoms with E-state index in [1.54, 1.807) is 43.6 Å². The van der Waals surface area contributed by atoms with Gasteiger partial charge in [-0.05, 0) is 54.4 Å². The molecule has 3 aromatic rings. The van der Waals surface area contributed by atoms with E-state index in [0.29, 0.717) is 0 Å². The van der Waals surface area contributed by atoms with Gasteiger partial charge in [-0.2, -0.15) is 0 Å². The average molecular weight is 494 g/mol. The molecular formula is C22H21Cl2N3O4S. The van der Waals surface area contributed by atoms with Gasteiger partial charge in [0.2, 0.25) is 5.91 Å². The van der Waals surface area contributed by atoms with Crippen LogP contribution in [0.25, 0.3) is 0 Å². The van der Waals surface area contributed by atoms with E-state index in [-0.39, 0.29) is 32.9 Å². The van der Waals surface area contributed by atoms with Gasteiger partial charge in [-0.25, -0.2) is 8.42 Å². The van der Waals surface area contributed by atoms with E-state index in [4.69, 9.17) is 27.9 Å². The van der Waals surface area contributed by atoms with Gasteiger partial charge in [0.05, 0.1) is 22.8 Å². The Morgan fingerprint density at radius 2 is 1.91 bits per heavy atom. The Bertz CT molecular complexity index is 1220. The maximum atomic E-state index is 13.7. The summed E-state index contributed by atoms with van der Waals surface area (Å²) in [6, 6.07) is 12.7. The number of aryl methyl sites for hydroxylation is 1. The van der Waals surface area contributed by atoms with Gasteiger partial charge < -0.3 is 10.1 Å². The fourth-order valence-corrected chi connectivity index (χ4v) is 4.90. The molecule has 0 unspecified atom stereocenters. The quantitative estimate of drug-likeness (QED) is 0.507. The molecule has 3 rings (SSSR count). The van der Waals surface area contributed by atoms with Gasteiger partial charge in [0.15, 0.2) is 0 Å². The molecule has 1 amide bonds. The zero-order chi connectivity index (χ0) is 23.3. The molecule has 0 aliphatic heterocycles. The summed E-state index contributed by atoms with van der Waals surface area (Å²) >= 11 is 12.1. The topological polar surface area (TPSA) is 88.6 Å². The molecule has 0 bridgehead atoms. The summed E-state index contributed by atoms with van der Waals surface area (Å²) in [6.07, 6.45) is 3.24. The van der Waals surface area contributed by atoms with E-state index < -0.39 is 22.5 Å². The van der Waals surface area contributed by atoms with Crippen molar-refractivity contribution in [2.45, 2.75) is 18.4 Å². The Kier molecular flexibility index (Phi) is 7.60. The second kappa shape index (κ2) is 10.2. The monoisotopic (exact) mass is 493 g/mol. The first kappa shape index (κ1) is 23.8. The minimum absolute atomic E-state index is 0.0638. The van der Waals surface area contributed by atoms with Crippen molar-refractivity contribution in [2.75, 3.05) is 18.0 Å². The van der Waals surface area contributed by atoms with E-state index in [1.807, 2.05) is 0 Å². The molecule has 1 N–H and O–H groups in total. The number of carbonyl (C=O) groups is 1. The van der Waals surface area contributed by atoms with Crippen molar-refractivity contribution in [3.63, 3.8) is 0 Å². The number of methoxy groups -OCH3 is 1. The minimum atomic E-state index is -4.19. The first-order valence-electron chi connectivity index (χ1n) is 9.50. The third-order valence-corrected chi connectivity index (χ3v) is 7.11. The maximum Gasteiger partial charge on any atom is 0.268 e. The molecule has 0 atom stereocenters. The number of benzene rings is 2. The number of nitrogens with one attached hydrogen (secondary N) is 1. The number of aromatic nitrogens is 1. The molecule has 1 heterocycles. The highest BCUT2D eigenvalue weighted by Crippen LogP contribution is 2.33. The van der Waals surface area contributed by atoms with Crippen molar-refractivity contribution in [1.29, 1.82) is 0 Å². The number of ether oxygens (including phenoxy) is 1. The van der Waals surface area contributed by atoms with E-state index in [9.17, 15) is 13.2 Å². The number of sulfonamides is 1. The molecule has 0 radical (unpaired) electrons. The Hall–Kier alpha value is -2.81. The molecule has 0 aliphatic rings. The van der Waals surface area contributed by atoms with Crippen molar-refractivity contribution >= 4 is 44.8 Å². The predicted octanol–water partition coefficient (Wildman–Crippen LogP) is 4.22. The summed E-state index contributed by atoms with van der Waals surface area (Å²) in [5, 5.41) is 3.14. The van der Waals surface area contributed by atoms with Crippen molar-refractivity contribution in [3.8, 4) is 5.75 Å². The molecule has 0 saturated heterocycles. The van der Waals surface area contributed by atoms with Crippen LogP contribution in [0.5, 0.6) is 5.75 Å². The highest BCUT2D eigenvalue weighted by atomic mass is 35.5. The molecule has 0 fully saturated rings. The van der Waals surface area contributed by atoms with E-state index >= 15 is 0 Å². The van der Waals surface area contributed by atoms with Crippen molar-refractivity contribution in [1.82, 2.24) is 10.3 Å². The van der Waals surface area contributed by atoms with E-state index in [0.717, 1.165) is 15.4 Å². The summed E-state index contributed by atoms with van der Waals surface area (Å²) in [7, 11) is -2.81. The van der Waals surface area contributed by atoms with Gasteiger partial charge in [-0.15, -0.1) is 0 Å². The molecule has 1 aromatic heterocycles. The highest BCUT2D eigenvalue weighted by molar-refractivity contribution is 7.93. The lowest BCUT2D eigenvalue weighted by molar-refractivity contribution is -0.119. The Morgan fingerprint density at radius 3 is 2.56 bits per heavy atom. The smallest absolute Gasteiger partial charge is 0.268 e. The first-order chi connectivity index (χ1) is 15.2. The van der Waals surface area contributed by atoms with Crippen LogP contribution in [0.2, 0.25) is 10.0 Å². The SMILES string of the molecule is COc1ccc(C)cc1S(=O)(=O)N(CC(=O)NCc1cccnc1)c1ccc(Cl)c(Cl)c1. The number of rotatable bonds is 8. The fraction of sp³-hybridized carbons (Fsp3) is 0.182. The summed E-state index contributed by atoms with van der Waals surface area (Å²) in [4.78, 5) is 16.7. The van der Waals surface area contributed by atoms with Gasteiger partial charge in [0, 0.05) is 18.9 Å². The largest absolute Gasteiger partial charge is 0.495 e. The number of halogens is 2. The van der Waals surface area contributed by atoms with Crippen LogP contribution in [0.3, 0.4) is 0 Å². The van der Waals surface area contributed by atoms with Gasteiger partial charge in [-0.1, -0.05) is 35.3 Å². The predicted molar refractivity (Wildman–Crippen MR) is 125 cm³/mol. The second-order valence-corrected chi connectivity index (χ2v) is 9.55. The summed E-state index contributed by atoms with van der Waals surface area (Å²) in [5.41, 5.74) is 1.70. The number of pyridine rings is 1. The number of hydrogen-bond donors (Lipinski definition) is 1. The lowest BCUT2D eigenvalue weighted by Gasteiger charge is -2.25. The van der Waals surface area contributed by atoms with Crippen molar-refractivity contribution in [2.24, 2.45) is 0 Å². The van der Waals surface area contributed by atoms with Crippen molar-refractivity contribution in [3.05, 3.63) is 82.1 Å². The van der Waals surface area contributed by atoms with Crippen LogP contribution in [0.4, 0.5) is 5.69 Å². The number of carbonyl (C=O) groups excluding carboxylic acids is 1. The summed E-state index contributed by atoms with van der Waals surface area (Å²) < 4.78 is 33.5. The molecule has 0 saturated carbocycles. The Balaban J connectivity index is 1.98. The molecule has 2 aromatic carbocycles. The highest BCUT2D eigenvalue weighted by Gasteiger charge is 2.30. The molecule has 168 valence electrons. The van der Waals surface area contributed by atoms with E-state index in [1.165, 1.54) is 31.4 Å². The third-order valence-electron chi connectivity index (χ3n) is 4.58.